The van der Waals surface area contributed by atoms with Gasteiger partial charge in [0.1, 0.15) is 0 Å². The molecular formula is C60H30S3. The van der Waals surface area contributed by atoms with Gasteiger partial charge in [-0.25, -0.2) is 0 Å². The molecule has 9 aromatic carbocycles. The Morgan fingerprint density at radius 1 is 0.508 bits per heavy atom. The van der Waals surface area contributed by atoms with E-state index in [0.29, 0.717) is 23.0 Å². The zero-order chi connectivity index (χ0) is 39.9. The molecule has 0 radical (unpaired) electrons. The molecule has 5 unspecified atom stereocenters. The van der Waals surface area contributed by atoms with E-state index in [0.717, 1.165) is 6.42 Å². The predicted molar refractivity (Wildman–Crippen MR) is 273 cm³/mol. The molecule has 1 aliphatic heterocycles. The normalized spacial score (nSPS) is 23.7. The molecule has 7 aliphatic carbocycles. The summed E-state index contributed by atoms with van der Waals surface area (Å²) in [6.45, 7) is 0. The molecule has 63 heavy (non-hydrogen) atoms. The Balaban J connectivity index is 1.12. The lowest BCUT2D eigenvalue weighted by molar-refractivity contribution is 0.671. The summed E-state index contributed by atoms with van der Waals surface area (Å²) in [5, 5.41) is 36.0. The third-order valence-corrected chi connectivity index (χ3v) is 20.4. The van der Waals surface area contributed by atoms with Crippen LogP contribution in [0, 0.1) is 5.92 Å². The van der Waals surface area contributed by atoms with Crippen LogP contribution in [0.15, 0.2) is 154 Å². The van der Waals surface area contributed by atoms with Crippen molar-refractivity contribution in [3.8, 4) is 0 Å². The SMILES string of the molecule is C1=CC2=CC3=C(C=C4c5scc6c5c5c7c8c9c(csc9c9cc%10cc%11ccccc%11cc%10c%10c9c8c8c5c5c(cc9cc%11ccccc%11cc9c65)C5SC=C%10C85)C3C47)CC2C=C1. The van der Waals surface area contributed by atoms with Crippen LogP contribution in [0.5, 0.6) is 0 Å². The van der Waals surface area contributed by atoms with Crippen LogP contribution >= 0.6 is 34.4 Å². The predicted octanol–water partition coefficient (Wildman–Crippen LogP) is 17.5. The summed E-state index contributed by atoms with van der Waals surface area (Å²) in [6, 6.07) is 33.4. The van der Waals surface area contributed by atoms with E-state index in [9.17, 15) is 0 Å². The Morgan fingerprint density at radius 2 is 1.24 bits per heavy atom. The van der Waals surface area contributed by atoms with Gasteiger partial charge in [-0.3, -0.25) is 0 Å². The lowest BCUT2D eigenvalue weighted by Gasteiger charge is -2.45. The van der Waals surface area contributed by atoms with E-state index in [4.69, 9.17) is 0 Å². The molecule has 0 amide bonds. The lowest BCUT2D eigenvalue weighted by atomic mass is 9.57. The fraction of sp³-hybridized carbons (Fsp3) is 0.100. The number of fused-ring (bicyclic) bond motifs is 14. The van der Waals surface area contributed by atoms with Crippen LogP contribution in [0.1, 0.15) is 62.1 Å². The molecule has 8 aliphatic rings. The van der Waals surface area contributed by atoms with Gasteiger partial charge in [0.15, 0.2) is 0 Å². The van der Waals surface area contributed by atoms with Crippen LogP contribution in [0.25, 0.3) is 118 Å². The Kier molecular flexibility index (Phi) is 5.06. The first-order chi connectivity index (χ1) is 31.2. The standard InChI is InChI=1S/C60H30S3/c1-4-10-28-16-34-31(13-25(28)7-1)19-37-46-43(34)40-22-62-59-38-20-32-14-26-8-3-6-12-30(26)18-36(32)45-42-24-63-60-39-21-33-15-27-9-2-5-11-29(27)17-35(33)44-41-23-61-58(37)50(41)56-52(46)55(49(40)59)53(47(38)45)57(51(42)60)54(56)48(39)44/h1-14,16-24,27,44,48-49,59H,15H2. The van der Waals surface area contributed by atoms with Crippen LogP contribution in [0.4, 0.5) is 0 Å². The van der Waals surface area contributed by atoms with Gasteiger partial charge in [-0.1, -0.05) is 85.0 Å². The Labute approximate surface area is 372 Å². The molecule has 0 saturated carbocycles. The average molecular weight is 847 g/mol. The van der Waals surface area contributed by atoms with Gasteiger partial charge in [-0.05, 0) is 195 Å². The van der Waals surface area contributed by atoms with Crippen molar-refractivity contribution in [2.45, 2.75) is 29.4 Å². The van der Waals surface area contributed by atoms with Crippen molar-refractivity contribution in [1.82, 2.24) is 0 Å². The molecule has 0 spiro atoms. The molecule has 0 bridgehead atoms. The number of thiophene rings is 2. The molecule has 5 atom stereocenters. The van der Waals surface area contributed by atoms with Gasteiger partial charge >= 0.3 is 0 Å². The van der Waals surface area contributed by atoms with Gasteiger partial charge in [0.05, 0.1) is 0 Å². The zero-order valence-electron chi connectivity index (χ0n) is 33.6. The first-order valence-electron chi connectivity index (χ1n) is 22.6. The smallest absolute Gasteiger partial charge is 0.0455 e. The highest BCUT2D eigenvalue weighted by Gasteiger charge is 2.51. The Bertz CT molecular complexity index is 4510. The van der Waals surface area contributed by atoms with Crippen molar-refractivity contribution in [2.75, 3.05) is 0 Å². The maximum atomic E-state index is 2.71. The Hall–Kier alpha value is -6.23. The monoisotopic (exact) mass is 846 g/mol. The second kappa shape index (κ2) is 10.1. The molecule has 3 heteroatoms. The summed E-state index contributed by atoms with van der Waals surface area (Å²) in [6.07, 6.45) is 15.8. The fourth-order valence-corrected chi connectivity index (χ4v) is 18.6. The van der Waals surface area contributed by atoms with E-state index >= 15 is 0 Å². The molecule has 288 valence electrons. The van der Waals surface area contributed by atoms with Crippen LogP contribution < -0.4 is 0 Å². The van der Waals surface area contributed by atoms with Gasteiger partial charge < -0.3 is 0 Å². The van der Waals surface area contributed by atoms with Crippen LogP contribution in [-0.4, -0.2) is 0 Å². The van der Waals surface area contributed by atoms with E-state index in [1.54, 1.807) is 76.9 Å². The number of hydrogen-bond acceptors (Lipinski definition) is 3. The number of allylic oxidation sites excluding steroid dienone is 11. The fourth-order valence-electron chi connectivity index (χ4n) is 15.0. The zero-order valence-corrected chi connectivity index (χ0v) is 36.0. The van der Waals surface area contributed by atoms with E-state index in [1.165, 1.54) is 90.7 Å². The van der Waals surface area contributed by atoms with Crippen LogP contribution in [0.3, 0.4) is 0 Å². The van der Waals surface area contributed by atoms with E-state index in [1.807, 2.05) is 22.7 Å². The number of hydrogen-bond donors (Lipinski definition) is 0. The number of rotatable bonds is 0. The van der Waals surface area contributed by atoms with E-state index in [-0.39, 0.29) is 5.92 Å². The highest BCUT2D eigenvalue weighted by Crippen LogP contribution is 2.73. The minimum absolute atomic E-state index is 0.289. The number of benzene rings is 9. The van der Waals surface area contributed by atoms with Gasteiger partial charge in [0.2, 0.25) is 0 Å². The summed E-state index contributed by atoms with van der Waals surface area (Å²) in [5.41, 5.74) is 15.7. The van der Waals surface area contributed by atoms with Crippen molar-refractivity contribution in [3.63, 3.8) is 0 Å². The molecule has 11 aromatic rings. The summed E-state index contributed by atoms with van der Waals surface area (Å²) >= 11 is 6.18. The van der Waals surface area contributed by atoms with E-state index in [2.05, 4.69) is 149 Å². The molecule has 2 aromatic heterocycles. The van der Waals surface area contributed by atoms with Gasteiger partial charge in [0.25, 0.3) is 0 Å². The third-order valence-electron chi connectivity index (χ3n) is 17.2. The van der Waals surface area contributed by atoms with Crippen molar-refractivity contribution in [1.29, 1.82) is 0 Å². The Morgan fingerprint density at radius 3 is 2.10 bits per heavy atom. The summed E-state index contributed by atoms with van der Waals surface area (Å²) in [7, 11) is 0. The number of thioether (sulfide) groups is 1. The molecule has 0 saturated heterocycles. The minimum Gasteiger partial charge on any atom is -0.143 e. The molecule has 0 nitrogen and oxygen atoms in total. The summed E-state index contributed by atoms with van der Waals surface area (Å²) < 4.78 is 1.49. The third kappa shape index (κ3) is 3.28. The second-order valence-electron chi connectivity index (χ2n) is 19.6. The minimum atomic E-state index is 0.289. The lowest BCUT2D eigenvalue weighted by Crippen LogP contribution is -2.27. The highest BCUT2D eigenvalue weighted by molar-refractivity contribution is 8.03. The van der Waals surface area contributed by atoms with Crippen molar-refractivity contribution in [2.24, 2.45) is 5.92 Å². The van der Waals surface area contributed by atoms with Crippen molar-refractivity contribution >= 4 is 153 Å². The van der Waals surface area contributed by atoms with Crippen molar-refractivity contribution in [3.05, 3.63) is 187 Å². The first kappa shape index (κ1) is 31.6. The van der Waals surface area contributed by atoms with E-state index < -0.39 is 0 Å². The first-order valence-corrected chi connectivity index (χ1v) is 25.3. The molecule has 0 N–H and O–H groups in total. The maximum Gasteiger partial charge on any atom is 0.0455 e. The topological polar surface area (TPSA) is 0 Å². The van der Waals surface area contributed by atoms with Crippen LogP contribution in [-0.2, 0) is 0 Å². The second-order valence-corrected chi connectivity index (χ2v) is 22.4. The summed E-state index contributed by atoms with van der Waals surface area (Å²) in [5.74, 6) is 1.33. The van der Waals surface area contributed by atoms with Gasteiger partial charge in [-0.15, -0.1) is 34.4 Å². The largest absolute Gasteiger partial charge is 0.143 e. The quantitative estimate of drug-likeness (QED) is 0.108. The van der Waals surface area contributed by atoms with Gasteiger partial charge in [-0.2, -0.15) is 0 Å². The van der Waals surface area contributed by atoms with Crippen LogP contribution in [0.2, 0.25) is 0 Å². The summed E-state index contributed by atoms with van der Waals surface area (Å²) in [4.78, 5) is 1.53. The maximum absolute atomic E-state index is 2.71. The van der Waals surface area contributed by atoms with Gasteiger partial charge in [0, 0.05) is 60.0 Å². The molecule has 3 heterocycles. The molecule has 0 fully saturated rings. The van der Waals surface area contributed by atoms with Crippen molar-refractivity contribution < 1.29 is 0 Å². The molecule has 19 rings (SSSR count). The highest BCUT2D eigenvalue weighted by atomic mass is 32.2. The average Bonchev–Trinajstić information content (AvgIpc) is 4.09. The molecular weight excluding hydrogens is 817 g/mol.